The van der Waals surface area contributed by atoms with E-state index >= 15 is 0 Å². The summed E-state index contributed by atoms with van der Waals surface area (Å²) in [6.45, 7) is 3.73. The van der Waals surface area contributed by atoms with Gasteiger partial charge in [-0.2, -0.15) is 0 Å². The number of nitrogens with zero attached hydrogens (tertiary/aromatic N) is 3. The van der Waals surface area contributed by atoms with Crippen LogP contribution in [0.4, 0.5) is 0 Å². The molecule has 150 valence electrons. The van der Waals surface area contributed by atoms with Gasteiger partial charge in [-0.15, -0.1) is 0 Å². The minimum Gasteiger partial charge on any atom is -0.496 e. The Labute approximate surface area is 174 Å². The van der Waals surface area contributed by atoms with Crippen LogP contribution in [0.5, 0.6) is 5.75 Å². The molecule has 4 rings (SSSR count). The summed E-state index contributed by atoms with van der Waals surface area (Å²) in [4.78, 5) is 21.0. The minimum atomic E-state index is 0.0501. The highest BCUT2D eigenvalue weighted by molar-refractivity contribution is 6.30. The third-order valence-electron chi connectivity index (χ3n) is 5.14. The second kappa shape index (κ2) is 8.68. The molecule has 1 aliphatic rings. The highest BCUT2D eigenvalue weighted by atomic mass is 35.5. The molecule has 0 saturated carbocycles. The maximum atomic E-state index is 12.8. The van der Waals surface area contributed by atoms with E-state index < -0.39 is 0 Å². The molecule has 0 N–H and O–H groups in total. The Morgan fingerprint density at radius 1 is 1.14 bits per heavy atom. The molecule has 1 saturated heterocycles. The van der Waals surface area contributed by atoms with Crippen molar-refractivity contribution in [3.63, 3.8) is 0 Å². The van der Waals surface area contributed by atoms with Crippen molar-refractivity contribution in [1.29, 1.82) is 0 Å². The van der Waals surface area contributed by atoms with Crippen LogP contribution in [0, 0.1) is 0 Å². The van der Waals surface area contributed by atoms with Crippen molar-refractivity contribution in [3.8, 4) is 17.1 Å². The summed E-state index contributed by atoms with van der Waals surface area (Å²) >= 11 is 6.13. The lowest BCUT2D eigenvalue weighted by atomic mass is 10.1. The number of hydrogen-bond acceptors (Lipinski definition) is 5. The van der Waals surface area contributed by atoms with E-state index in [4.69, 9.17) is 20.8 Å². The first kappa shape index (κ1) is 19.5. The summed E-state index contributed by atoms with van der Waals surface area (Å²) in [5.74, 6) is 1.57. The Kier molecular flexibility index (Phi) is 5.83. The first-order chi connectivity index (χ1) is 14.1. The van der Waals surface area contributed by atoms with Crippen molar-refractivity contribution in [2.45, 2.75) is 6.54 Å². The largest absolute Gasteiger partial charge is 0.496 e. The molecule has 1 aliphatic heterocycles. The molecule has 0 radical (unpaired) electrons. The Morgan fingerprint density at radius 2 is 1.90 bits per heavy atom. The van der Waals surface area contributed by atoms with Gasteiger partial charge in [0.15, 0.2) is 12.2 Å². The lowest BCUT2D eigenvalue weighted by Gasteiger charge is -2.35. The average molecular weight is 412 g/mol. The van der Waals surface area contributed by atoms with Crippen LogP contribution in [-0.4, -0.2) is 54.0 Å². The van der Waals surface area contributed by atoms with Crippen molar-refractivity contribution in [3.05, 3.63) is 71.2 Å². The number of amides is 1. The fraction of sp³-hybridized carbons (Fsp3) is 0.273. The predicted molar refractivity (Wildman–Crippen MR) is 111 cm³/mol. The van der Waals surface area contributed by atoms with E-state index in [1.165, 1.54) is 6.39 Å². The van der Waals surface area contributed by atoms with Crippen LogP contribution >= 0.6 is 11.6 Å². The van der Waals surface area contributed by atoms with Crippen molar-refractivity contribution in [1.82, 2.24) is 14.8 Å². The van der Waals surface area contributed by atoms with E-state index in [2.05, 4.69) is 9.88 Å². The van der Waals surface area contributed by atoms with Gasteiger partial charge in [0, 0.05) is 54.4 Å². The standard InChI is InChI=1S/C22H22ClN3O3/c1-28-20-7-6-19(23)12-18(20)14-25-8-10-26(11-9-25)22(27)17-4-2-16(3-5-17)21-13-24-15-29-21/h2-7,12-13,15H,8-11,14H2,1H3. The normalized spacial score (nSPS) is 14.8. The molecule has 3 aromatic rings. The number of piperazine rings is 1. The summed E-state index contributed by atoms with van der Waals surface area (Å²) in [5.41, 5.74) is 2.64. The van der Waals surface area contributed by atoms with Gasteiger partial charge < -0.3 is 14.1 Å². The van der Waals surface area contributed by atoms with Gasteiger partial charge in [0.05, 0.1) is 13.3 Å². The third-order valence-corrected chi connectivity index (χ3v) is 5.38. The minimum absolute atomic E-state index is 0.0501. The average Bonchev–Trinajstić information content (AvgIpc) is 3.29. The Morgan fingerprint density at radius 3 is 2.55 bits per heavy atom. The molecule has 0 atom stereocenters. The predicted octanol–water partition coefficient (Wildman–Crippen LogP) is 3.96. The number of benzene rings is 2. The monoisotopic (exact) mass is 411 g/mol. The van der Waals surface area contributed by atoms with Crippen LogP contribution in [0.25, 0.3) is 11.3 Å². The highest BCUT2D eigenvalue weighted by Gasteiger charge is 2.23. The summed E-state index contributed by atoms with van der Waals surface area (Å²) in [7, 11) is 1.66. The quantitative estimate of drug-likeness (QED) is 0.636. The zero-order chi connectivity index (χ0) is 20.2. The Bertz CT molecular complexity index is 965. The second-order valence-corrected chi connectivity index (χ2v) is 7.40. The molecule has 0 spiro atoms. The molecule has 0 bridgehead atoms. The number of aromatic nitrogens is 1. The molecular weight excluding hydrogens is 390 g/mol. The summed E-state index contributed by atoms with van der Waals surface area (Å²) < 4.78 is 10.7. The first-order valence-corrected chi connectivity index (χ1v) is 9.85. The number of oxazole rings is 1. The summed E-state index contributed by atoms with van der Waals surface area (Å²) in [6.07, 6.45) is 3.05. The number of carbonyl (C=O) groups excluding carboxylic acids is 1. The van der Waals surface area contributed by atoms with Gasteiger partial charge in [0.1, 0.15) is 5.75 Å². The lowest BCUT2D eigenvalue weighted by molar-refractivity contribution is 0.0627. The van der Waals surface area contributed by atoms with E-state index in [0.717, 1.165) is 36.5 Å². The van der Waals surface area contributed by atoms with Gasteiger partial charge in [-0.3, -0.25) is 9.69 Å². The third kappa shape index (κ3) is 4.44. The van der Waals surface area contributed by atoms with Gasteiger partial charge in [0.25, 0.3) is 5.91 Å². The summed E-state index contributed by atoms with van der Waals surface area (Å²) in [5, 5.41) is 0.698. The molecule has 6 nitrogen and oxygen atoms in total. The van der Waals surface area contributed by atoms with Crippen LogP contribution in [0.15, 0.2) is 59.5 Å². The van der Waals surface area contributed by atoms with Crippen molar-refractivity contribution in [2.24, 2.45) is 0 Å². The van der Waals surface area contributed by atoms with Gasteiger partial charge in [0.2, 0.25) is 0 Å². The van der Waals surface area contributed by atoms with E-state index in [1.54, 1.807) is 13.3 Å². The number of hydrogen-bond donors (Lipinski definition) is 0. The fourth-order valence-corrected chi connectivity index (χ4v) is 3.73. The van der Waals surface area contributed by atoms with Gasteiger partial charge in [-0.25, -0.2) is 4.98 Å². The lowest BCUT2D eigenvalue weighted by Crippen LogP contribution is -2.48. The number of halogens is 1. The zero-order valence-electron chi connectivity index (χ0n) is 16.2. The maximum Gasteiger partial charge on any atom is 0.253 e. The van der Waals surface area contributed by atoms with Crippen LogP contribution in [0.2, 0.25) is 5.02 Å². The molecule has 2 aromatic carbocycles. The molecule has 0 unspecified atom stereocenters. The molecule has 1 amide bonds. The van der Waals surface area contributed by atoms with E-state index in [9.17, 15) is 4.79 Å². The van der Waals surface area contributed by atoms with Crippen LogP contribution < -0.4 is 4.74 Å². The number of carbonyl (C=O) groups is 1. The number of ether oxygens (including phenoxy) is 1. The van der Waals surface area contributed by atoms with Crippen LogP contribution in [0.1, 0.15) is 15.9 Å². The highest BCUT2D eigenvalue weighted by Crippen LogP contribution is 2.25. The van der Waals surface area contributed by atoms with Crippen LogP contribution in [-0.2, 0) is 6.54 Å². The first-order valence-electron chi connectivity index (χ1n) is 9.47. The molecule has 0 aliphatic carbocycles. The molecule has 1 aromatic heterocycles. The number of methoxy groups -OCH3 is 1. The van der Waals surface area contributed by atoms with Crippen molar-refractivity contribution >= 4 is 17.5 Å². The maximum absolute atomic E-state index is 12.8. The topological polar surface area (TPSA) is 58.8 Å². The van der Waals surface area contributed by atoms with E-state index in [-0.39, 0.29) is 5.91 Å². The van der Waals surface area contributed by atoms with Crippen molar-refractivity contribution < 1.29 is 13.9 Å². The van der Waals surface area contributed by atoms with E-state index in [0.29, 0.717) is 29.4 Å². The molecule has 7 heteroatoms. The molecular formula is C22H22ClN3O3. The van der Waals surface area contributed by atoms with Gasteiger partial charge >= 0.3 is 0 Å². The molecule has 29 heavy (non-hydrogen) atoms. The Balaban J connectivity index is 1.36. The second-order valence-electron chi connectivity index (χ2n) is 6.97. The molecule has 1 fully saturated rings. The van der Waals surface area contributed by atoms with E-state index in [1.807, 2.05) is 47.4 Å². The number of rotatable bonds is 5. The summed E-state index contributed by atoms with van der Waals surface area (Å²) in [6, 6.07) is 13.1. The molecule has 2 heterocycles. The fourth-order valence-electron chi connectivity index (χ4n) is 3.54. The SMILES string of the molecule is COc1ccc(Cl)cc1CN1CCN(C(=O)c2ccc(-c3cnco3)cc2)CC1. The van der Waals surface area contributed by atoms with Crippen molar-refractivity contribution in [2.75, 3.05) is 33.3 Å². The smallest absolute Gasteiger partial charge is 0.253 e. The Hall–Kier alpha value is -2.83. The zero-order valence-corrected chi connectivity index (χ0v) is 16.9. The van der Waals surface area contributed by atoms with Crippen LogP contribution in [0.3, 0.4) is 0 Å². The van der Waals surface area contributed by atoms with Gasteiger partial charge in [-0.05, 0) is 30.3 Å². The van der Waals surface area contributed by atoms with Gasteiger partial charge in [-0.1, -0.05) is 23.7 Å².